The van der Waals surface area contributed by atoms with Crippen LogP contribution in [0.2, 0.25) is 0 Å². The highest BCUT2D eigenvalue weighted by molar-refractivity contribution is 9.09. The van der Waals surface area contributed by atoms with Crippen molar-refractivity contribution in [2.45, 2.75) is 45.1 Å². The van der Waals surface area contributed by atoms with Crippen LogP contribution in [0.25, 0.3) is 0 Å². The van der Waals surface area contributed by atoms with Gasteiger partial charge in [-0.25, -0.2) is 0 Å². The van der Waals surface area contributed by atoms with Gasteiger partial charge in [-0.05, 0) is 50.3 Å². The lowest BCUT2D eigenvalue weighted by atomic mass is 9.93. The number of esters is 1. The fourth-order valence-corrected chi connectivity index (χ4v) is 3.56. The van der Waals surface area contributed by atoms with Gasteiger partial charge in [-0.1, -0.05) is 46.3 Å². The van der Waals surface area contributed by atoms with E-state index in [1.165, 1.54) is 18.4 Å². The van der Waals surface area contributed by atoms with Crippen molar-refractivity contribution in [3.8, 4) is 0 Å². The van der Waals surface area contributed by atoms with Gasteiger partial charge < -0.3 is 10.1 Å². The van der Waals surface area contributed by atoms with Crippen molar-refractivity contribution in [3.63, 3.8) is 0 Å². The molecule has 1 amide bonds. The molecular formula is C21H31BrN2O3. The lowest BCUT2D eigenvalue weighted by Gasteiger charge is -2.32. The van der Waals surface area contributed by atoms with Crippen molar-refractivity contribution in [2.24, 2.45) is 5.92 Å². The molecule has 2 rings (SSSR count). The normalized spacial score (nSPS) is 15.4. The highest BCUT2D eigenvalue weighted by Crippen LogP contribution is 2.21. The van der Waals surface area contributed by atoms with E-state index in [1.807, 2.05) is 0 Å². The van der Waals surface area contributed by atoms with Crippen molar-refractivity contribution in [3.05, 3.63) is 35.9 Å². The lowest BCUT2D eigenvalue weighted by Crippen LogP contribution is -2.34. The smallest absolute Gasteiger partial charge is 0.305 e. The first-order valence-electron chi connectivity index (χ1n) is 9.92. The summed E-state index contributed by atoms with van der Waals surface area (Å²) in [4.78, 5) is 25.7. The van der Waals surface area contributed by atoms with E-state index in [0.29, 0.717) is 37.1 Å². The van der Waals surface area contributed by atoms with Crippen LogP contribution in [0.15, 0.2) is 30.3 Å². The Morgan fingerprint density at radius 1 is 1.15 bits per heavy atom. The number of carbonyl (C=O) groups is 2. The number of piperidine rings is 1. The predicted molar refractivity (Wildman–Crippen MR) is 111 cm³/mol. The van der Waals surface area contributed by atoms with Crippen LogP contribution < -0.4 is 5.32 Å². The minimum absolute atomic E-state index is 0.0322. The Bertz CT molecular complexity index is 560. The average Bonchev–Trinajstić information content (AvgIpc) is 2.68. The molecule has 1 N–H and O–H groups in total. The zero-order valence-electron chi connectivity index (χ0n) is 16.0. The summed E-state index contributed by atoms with van der Waals surface area (Å²) < 4.78 is 4.96. The summed E-state index contributed by atoms with van der Waals surface area (Å²) in [7, 11) is 0. The van der Waals surface area contributed by atoms with Gasteiger partial charge in [0.2, 0.25) is 5.91 Å². The molecule has 0 bridgehead atoms. The van der Waals surface area contributed by atoms with E-state index < -0.39 is 0 Å². The first kappa shape index (κ1) is 21.9. The molecule has 1 saturated heterocycles. The maximum Gasteiger partial charge on any atom is 0.305 e. The number of nitrogens with zero attached hydrogens (tertiary/aromatic N) is 1. The number of hydrogen-bond acceptors (Lipinski definition) is 4. The molecular weight excluding hydrogens is 408 g/mol. The van der Waals surface area contributed by atoms with Crippen molar-refractivity contribution < 1.29 is 14.3 Å². The molecule has 1 aliphatic heterocycles. The molecule has 0 saturated carbocycles. The van der Waals surface area contributed by atoms with Gasteiger partial charge in [0.05, 0.1) is 0 Å². The second kappa shape index (κ2) is 12.9. The first-order chi connectivity index (χ1) is 13.2. The predicted octanol–water partition coefficient (Wildman–Crippen LogP) is 3.51. The van der Waals surface area contributed by atoms with E-state index in [9.17, 15) is 9.59 Å². The first-order valence-corrected chi connectivity index (χ1v) is 11.0. The van der Waals surface area contributed by atoms with Crippen LogP contribution >= 0.6 is 15.9 Å². The van der Waals surface area contributed by atoms with Crippen molar-refractivity contribution >= 4 is 27.8 Å². The standard InChI is InChI=1S/C21H31BrN2O3/c22-12-16-27-21(26)8-4-7-20(25)23-13-9-18-10-14-24(15-11-18)17-19-5-2-1-3-6-19/h1-3,5-6,18H,4,7-17H2,(H,23,25). The number of alkyl halides is 1. The lowest BCUT2D eigenvalue weighted by molar-refractivity contribution is -0.143. The summed E-state index contributed by atoms with van der Waals surface area (Å²) in [6.45, 7) is 4.40. The quantitative estimate of drug-likeness (QED) is 0.424. The van der Waals surface area contributed by atoms with E-state index in [-0.39, 0.29) is 11.9 Å². The second-order valence-corrected chi connectivity index (χ2v) is 7.90. The zero-order chi connectivity index (χ0) is 19.3. The number of hydrogen-bond donors (Lipinski definition) is 1. The minimum Gasteiger partial charge on any atom is -0.465 e. The molecule has 0 radical (unpaired) electrons. The maximum atomic E-state index is 11.9. The van der Waals surface area contributed by atoms with Crippen LogP contribution in [0.1, 0.15) is 44.1 Å². The molecule has 1 heterocycles. The summed E-state index contributed by atoms with van der Waals surface area (Å²) in [5, 5.41) is 3.63. The van der Waals surface area contributed by atoms with Gasteiger partial charge in [-0.15, -0.1) is 0 Å². The van der Waals surface area contributed by atoms with Crippen LogP contribution in [0, 0.1) is 5.92 Å². The molecule has 0 aliphatic carbocycles. The van der Waals surface area contributed by atoms with Gasteiger partial charge in [0.15, 0.2) is 0 Å². The Hall–Kier alpha value is -1.40. The summed E-state index contributed by atoms with van der Waals surface area (Å²) >= 11 is 3.20. The highest BCUT2D eigenvalue weighted by Gasteiger charge is 2.19. The number of likely N-dealkylation sites (tertiary alicyclic amines) is 1. The van der Waals surface area contributed by atoms with Gasteiger partial charge >= 0.3 is 5.97 Å². The number of amides is 1. The number of halogens is 1. The Kier molecular flexibility index (Phi) is 10.5. The molecule has 1 fully saturated rings. The molecule has 0 atom stereocenters. The molecule has 0 spiro atoms. The molecule has 6 heteroatoms. The maximum absolute atomic E-state index is 11.9. The summed E-state index contributed by atoms with van der Waals surface area (Å²) in [6.07, 6.45) is 4.67. The Balaban J connectivity index is 1.50. The van der Waals surface area contributed by atoms with E-state index in [1.54, 1.807) is 0 Å². The molecule has 5 nitrogen and oxygen atoms in total. The molecule has 0 unspecified atom stereocenters. The largest absolute Gasteiger partial charge is 0.465 e. The molecule has 150 valence electrons. The van der Waals surface area contributed by atoms with Gasteiger partial charge in [0.1, 0.15) is 6.61 Å². The number of carbonyl (C=O) groups excluding carboxylic acids is 2. The van der Waals surface area contributed by atoms with E-state index in [2.05, 4.69) is 56.5 Å². The van der Waals surface area contributed by atoms with Crippen LogP contribution in [-0.2, 0) is 20.9 Å². The van der Waals surface area contributed by atoms with E-state index in [0.717, 1.165) is 32.6 Å². The van der Waals surface area contributed by atoms with Crippen LogP contribution in [0.4, 0.5) is 0 Å². The summed E-state index contributed by atoms with van der Waals surface area (Å²) in [6, 6.07) is 10.6. The molecule has 27 heavy (non-hydrogen) atoms. The van der Waals surface area contributed by atoms with Crippen LogP contribution in [0.3, 0.4) is 0 Å². The fraction of sp³-hybridized carbons (Fsp3) is 0.619. The van der Waals surface area contributed by atoms with Gasteiger partial charge in [-0.2, -0.15) is 0 Å². The number of ether oxygens (including phenoxy) is 1. The molecule has 1 aromatic carbocycles. The van der Waals surface area contributed by atoms with Crippen molar-refractivity contribution in [1.29, 1.82) is 0 Å². The monoisotopic (exact) mass is 438 g/mol. The minimum atomic E-state index is -0.232. The number of benzene rings is 1. The zero-order valence-corrected chi connectivity index (χ0v) is 17.6. The second-order valence-electron chi connectivity index (χ2n) is 7.11. The number of rotatable bonds is 11. The van der Waals surface area contributed by atoms with E-state index >= 15 is 0 Å². The van der Waals surface area contributed by atoms with Gasteiger partial charge in [0.25, 0.3) is 0 Å². The van der Waals surface area contributed by atoms with Crippen LogP contribution in [-0.4, -0.2) is 48.3 Å². The third-order valence-corrected chi connectivity index (χ3v) is 5.28. The van der Waals surface area contributed by atoms with Crippen molar-refractivity contribution in [2.75, 3.05) is 31.6 Å². The average molecular weight is 439 g/mol. The third kappa shape index (κ3) is 9.38. The van der Waals surface area contributed by atoms with Gasteiger partial charge in [-0.3, -0.25) is 14.5 Å². The van der Waals surface area contributed by atoms with E-state index in [4.69, 9.17) is 4.74 Å². The summed E-state index contributed by atoms with van der Waals surface area (Å²) in [5.74, 6) is 0.492. The van der Waals surface area contributed by atoms with Crippen LogP contribution in [0.5, 0.6) is 0 Å². The summed E-state index contributed by atoms with van der Waals surface area (Å²) in [5.41, 5.74) is 1.37. The molecule has 0 aromatic heterocycles. The third-order valence-electron chi connectivity index (χ3n) is 4.96. The Labute approximate surface area is 171 Å². The highest BCUT2D eigenvalue weighted by atomic mass is 79.9. The Morgan fingerprint density at radius 3 is 2.59 bits per heavy atom. The molecule has 1 aliphatic rings. The number of nitrogens with one attached hydrogen (secondary N) is 1. The molecule has 1 aromatic rings. The SMILES string of the molecule is O=C(CCCC(=O)OCCBr)NCCC1CCN(Cc2ccccc2)CC1. The Morgan fingerprint density at radius 2 is 1.89 bits per heavy atom. The van der Waals surface area contributed by atoms with Gasteiger partial charge in [0, 0.05) is 31.3 Å². The topological polar surface area (TPSA) is 58.6 Å². The fourth-order valence-electron chi connectivity index (χ4n) is 3.40. The van der Waals surface area contributed by atoms with Crippen molar-refractivity contribution in [1.82, 2.24) is 10.2 Å².